The SMILES string of the molecule is N#Cc1ccc(O[C@@H]2c3cc(Cl)cc(Cl)c3C[C@H]2N2CCC[C@@H](N)C2)c(Cl)c1. The topological polar surface area (TPSA) is 62.3 Å². The van der Waals surface area contributed by atoms with Crippen molar-refractivity contribution in [3.63, 3.8) is 0 Å². The molecule has 1 fully saturated rings. The van der Waals surface area contributed by atoms with Gasteiger partial charge in [-0.05, 0) is 61.7 Å². The average molecular weight is 437 g/mol. The van der Waals surface area contributed by atoms with Crippen molar-refractivity contribution in [1.29, 1.82) is 5.26 Å². The van der Waals surface area contributed by atoms with Crippen LogP contribution in [-0.2, 0) is 6.42 Å². The van der Waals surface area contributed by atoms with E-state index in [1.165, 1.54) is 0 Å². The van der Waals surface area contributed by atoms with Crippen LogP contribution in [0.1, 0.15) is 35.6 Å². The Morgan fingerprint density at radius 1 is 1.14 bits per heavy atom. The third-order valence-electron chi connectivity index (χ3n) is 5.54. The van der Waals surface area contributed by atoms with E-state index in [2.05, 4.69) is 11.0 Å². The Labute approximate surface area is 179 Å². The van der Waals surface area contributed by atoms with Crippen LogP contribution in [0, 0.1) is 11.3 Å². The van der Waals surface area contributed by atoms with E-state index in [1.807, 2.05) is 6.07 Å². The Morgan fingerprint density at radius 3 is 2.68 bits per heavy atom. The molecule has 4 rings (SSSR count). The zero-order chi connectivity index (χ0) is 19.8. The van der Waals surface area contributed by atoms with Gasteiger partial charge in [0.1, 0.15) is 11.9 Å². The lowest BCUT2D eigenvalue weighted by atomic mass is 10.0. The maximum Gasteiger partial charge on any atom is 0.140 e. The van der Waals surface area contributed by atoms with Gasteiger partial charge in [-0.3, -0.25) is 4.90 Å². The molecule has 0 aromatic heterocycles. The van der Waals surface area contributed by atoms with Gasteiger partial charge in [-0.25, -0.2) is 0 Å². The van der Waals surface area contributed by atoms with Crippen molar-refractivity contribution in [1.82, 2.24) is 4.90 Å². The van der Waals surface area contributed by atoms with Crippen molar-refractivity contribution in [3.05, 3.63) is 62.1 Å². The standard InChI is InChI=1S/C21H20Cl3N3O/c22-13-7-16-15(17(23)8-13)9-19(27-5-1-2-14(26)11-27)21(16)28-20-4-3-12(10-25)6-18(20)24/h3-4,6-8,14,19,21H,1-2,5,9,11,26H2/t14-,19-,21-/m1/s1. The molecule has 2 aromatic rings. The first-order chi connectivity index (χ1) is 13.5. The summed E-state index contributed by atoms with van der Waals surface area (Å²) in [5.41, 5.74) is 8.77. The Morgan fingerprint density at radius 2 is 1.96 bits per heavy atom. The number of rotatable bonds is 3. The molecule has 1 saturated heterocycles. The average Bonchev–Trinajstić information content (AvgIpc) is 3.02. The number of ether oxygens (including phenoxy) is 1. The molecule has 4 nitrogen and oxygen atoms in total. The first-order valence-corrected chi connectivity index (χ1v) is 10.4. The predicted octanol–water partition coefficient (Wildman–Crippen LogP) is 4.99. The van der Waals surface area contributed by atoms with Crippen LogP contribution in [-0.4, -0.2) is 30.1 Å². The van der Waals surface area contributed by atoms with Crippen molar-refractivity contribution < 1.29 is 4.74 Å². The Kier molecular flexibility index (Phi) is 5.73. The molecule has 2 aliphatic rings. The lowest BCUT2D eigenvalue weighted by Crippen LogP contribution is -2.49. The zero-order valence-corrected chi connectivity index (χ0v) is 17.4. The molecule has 0 saturated carbocycles. The van der Waals surface area contributed by atoms with Gasteiger partial charge in [0.05, 0.1) is 22.7 Å². The highest BCUT2D eigenvalue weighted by Crippen LogP contribution is 2.44. The van der Waals surface area contributed by atoms with Crippen LogP contribution in [0.2, 0.25) is 15.1 Å². The number of nitrogens with zero attached hydrogens (tertiary/aromatic N) is 2. The van der Waals surface area contributed by atoms with E-state index in [9.17, 15) is 0 Å². The summed E-state index contributed by atoms with van der Waals surface area (Å²) in [6.07, 6.45) is 2.61. The number of hydrogen-bond donors (Lipinski definition) is 1. The number of nitriles is 1. The van der Waals surface area contributed by atoms with Gasteiger partial charge >= 0.3 is 0 Å². The molecule has 1 aliphatic carbocycles. The van der Waals surface area contributed by atoms with Crippen molar-refractivity contribution in [2.75, 3.05) is 13.1 Å². The molecule has 0 amide bonds. The van der Waals surface area contributed by atoms with Gasteiger partial charge in [-0.2, -0.15) is 5.26 Å². The minimum absolute atomic E-state index is 0.101. The quantitative estimate of drug-likeness (QED) is 0.736. The van der Waals surface area contributed by atoms with Gasteiger partial charge in [0.25, 0.3) is 0 Å². The Hall–Kier alpha value is -1.48. The molecule has 146 valence electrons. The Balaban J connectivity index is 1.71. The number of nitrogens with two attached hydrogens (primary N) is 1. The van der Waals surface area contributed by atoms with Crippen molar-refractivity contribution in [3.8, 4) is 11.8 Å². The van der Waals surface area contributed by atoms with Gasteiger partial charge in [-0.1, -0.05) is 34.8 Å². The van der Waals surface area contributed by atoms with Gasteiger partial charge in [0.15, 0.2) is 0 Å². The second-order valence-electron chi connectivity index (χ2n) is 7.42. The third-order valence-corrected chi connectivity index (χ3v) is 6.39. The molecule has 0 bridgehead atoms. The summed E-state index contributed by atoms with van der Waals surface area (Å²) in [4.78, 5) is 2.39. The highest BCUT2D eigenvalue weighted by Gasteiger charge is 2.40. The maximum atomic E-state index is 9.07. The van der Waals surface area contributed by atoms with E-state index in [0.29, 0.717) is 26.4 Å². The number of likely N-dealkylation sites (tertiary alicyclic amines) is 1. The summed E-state index contributed by atoms with van der Waals surface area (Å²) in [5.74, 6) is 0.543. The highest BCUT2D eigenvalue weighted by molar-refractivity contribution is 6.35. The first kappa shape index (κ1) is 19.8. The third kappa shape index (κ3) is 3.83. The summed E-state index contributed by atoms with van der Waals surface area (Å²) in [7, 11) is 0. The van der Waals surface area contributed by atoms with Crippen LogP contribution in [0.25, 0.3) is 0 Å². The molecule has 1 heterocycles. The molecule has 28 heavy (non-hydrogen) atoms. The van der Waals surface area contributed by atoms with Crippen molar-refractivity contribution >= 4 is 34.8 Å². The minimum atomic E-state index is -0.262. The monoisotopic (exact) mass is 435 g/mol. The number of benzene rings is 2. The van der Waals surface area contributed by atoms with Crippen LogP contribution < -0.4 is 10.5 Å². The van der Waals surface area contributed by atoms with E-state index in [1.54, 1.807) is 24.3 Å². The van der Waals surface area contributed by atoms with Gasteiger partial charge < -0.3 is 10.5 Å². The number of hydrogen-bond acceptors (Lipinski definition) is 4. The Bertz CT molecular complexity index is 943. The molecule has 2 aromatic carbocycles. The van der Waals surface area contributed by atoms with Gasteiger partial charge in [0, 0.05) is 28.2 Å². The molecule has 1 aliphatic heterocycles. The van der Waals surface area contributed by atoms with Gasteiger partial charge in [0.2, 0.25) is 0 Å². The van der Waals surface area contributed by atoms with E-state index >= 15 is 0 Å². The van der Waals surface area contributed by atoms with Gasteiger partial charge in [-0.15, -0.1) is 0 Å². The normalized spacial score (nSPS) is 24.6. The summed E-state index contributed by atoms with van der Waals surface area (Å²) in [6, 6.07) is 11.1. The molecule has 0 spiro atoms. The van der Waals surface area contributed by atoms with E-state index in [4.69, 9.17) is 50.5 Å². The highest BCUT2D eigenvalue weighted by atomic mass is 35.5. The number of halogens is 3. The van der Waals surface area contributed by atoms with E-state index in [0.717, 1.165) is 43.5 Å². The second kappa shape index (κ2) is 8.10. The van der Waals surface area contributed by atoms with E-state index < -0.39 is 0 Å². The number of piperidine rings is 1. The lowest BCUT2D eigenvalue weighted by Gasteiger charge is -2.38. The molecule has 0 radical (unpaired) electrons. The number of fused-ring (bicyclic) bond motifs is 1. The zero-order valence-electron chi connectivity index (χ0n) is 15.2. The molecular weight excluding hydrogens is 417 g/mol. The fraction of sp³-hybridized carbons (Fsp3) is 0.381. The predicted molar refractivity (Wildman–Crippen MR) is 112 cm³/mol. The molecule has 2 N–H and O–H groups in total. The second-order valence-corrected chi connectivity index (χ2v) is 8.67. The smallest absolute Gasteiger partial charge is 0.140 e. The fourth-order valence-electron chi connectivity index (χ4n) is 4.22. The minimum Gasteiger partial charge on any atom is -0.482 e. The first-order valence-electron chi connectivity index (χ1n) is 9.30. The van der Waals surface area contributed by atoms with Crippen LogP contribution in [0.3, 0.4) is 0 Å². The maximum absolute atomic E-state index is 9.07. The van der Waals surface area contributed by atoms with Crippen LogP contribution in [0.5, 0.6) is 5.75 Å². The lowest BCUT2D eigenvalue weighted by molar-refractivity contribution is 0.0594. The van der Waals surface area contributed by atoms with E-state index in [-0.39, 0.29) is 18.2 Å². The summed E-state index contributed by atoms with van der Waals surface area (Å²) in [5, 5.41) is 10.7. The van der Waals surface area contributed by atoms with Crippen LogP contribution in [0.15, 0.2) is 30.3 Å². The van der Waals surface area contributed by atoms with Crippen molar-refractivity contribution in [2.45, 2.75) is 37.5 Å². The summed E-state index contributed by atoms with van der Waals surface area (Å²) < 4.78 is 6.40. The molecule has 7 heteroatoms. The van der Waals surface area contributed by atoms with Crippen molar-refractivity contribution in [2.24, 2.45) is 5.73 Å². The molecule has 0 unspecified atom stereocenters. The van der Waals surface area contributed by atoms with Crippen LogP contribution >= 0.6 is 34.8 Å². The van der Waals surface area contributed by atoms with Crippen LogP contribution in [0.4, 0.5) is 0 Å². The fourth-order valence-corrected chi connectivity index (χ4v) is 5.03. The largest absolute Gasteiger partial charge is 0.482 e. The summed E-state index contributed by atoms with van der Waals surface area (Å²) in [6.45, 7) is 1.80. The molecule has 3 atom stereocenters. The summed E-state index contributed by atoms with van der Waals surface area (Å²) >= 11 is 19.2. The molecular formula is C21H20Cl3N3O.